The summed E-state index contributed by atoms with van der Waals surface area (Å²) in [5.74, 6) is -1.79. The Morgan fingerprint density at radius 2 is 1.55 bits per heavy atom. The standard InChI is InChI=1S/C15H13F2NO3S/c1-11-7-9-13(10-8-11)22(20,21)18(15(19)14(16)17)12-5-3-2-4-6-12/h2-10,14H,1H3. The van der Waals surface area contributed by atoms with E-state index in [4.69, 9.17) is 0 Å². The summed E-state index contributed by atoms with van der Waals surface area (Å²) in [5, 5.41) is 0. The van der Waals surface area contributed by atoms with E-state index < -0.39 is 22.4 Å². The van der Waals surface area contributed by atoms with E-state index in [0.717, 1.165) is 5.56 Å². The van der Waals surface area contributed by atoms with Gasteiger partial charge in [-0.15, -0.1) is 0 Å². The van der Waals surface area contributed by atoms with Gasteiger partial charge in [0.2, 0.25) is 0 Å². The van der Waals surface area contributed by atoms with Crippen LogP contribution >= 0.6 is 0 Å². The number of halogens is 2. The third-order valence-corrected chi connectivity index (χ3v) is 4.68. The van der Waals surface area contributed by atoms with E-state index >= 15 is 0 Å². The Labute approximate surface area is 127 Å². The van der Waals surface area contributed by atoms with Crippen LogP contribution in [0, 0.1) is 6.92 Å². The van der Waals surface area contributed by atoms with Gasteiger partial charge in [0.25, 0.3) is 10.0 Å². The van der Waals surface area contributed by atoms with Gasteiger partial charge in [-0.3, -0.25) is 4.79 Å². The molecule has 22 heavy (non-hydrogen) atoms. The molecule has 0 heterocycles. The third kappa shape index (κ3) is 3.14. The molecule has 2 rings (SSSR count). The number of carbonyl (C=O) groups is 1. The van der Waals surface area contributed by atoms with Crippen LogP contribution in [0.3, 0.4) is 0 Å². The van der Waals surface area contributed by atoms with Gasteiger partial charge < -0.3 is 0 Å². The van der Waals surface area contributed by atoms with Crippen LogP contribution in [-0.4, -0.2) is 20.8 Å². The number of alkyl halides is 2. The molecule has 0 atom stereocenters. The van der Waals surface area contributed by atoms with Crippen LogP contribution in [0.5, 0.6) is 0 Å². The monoisotopic (exact) mass is 325 g/mol. The lowest BCUT2D eigenvalue weighted by atomic mass is 10.2. The zero-order chi connectivity index (χ0) is 16.3. The van der Waals surface area contributed by atoms with Crippen molar-refractivity contribution >= 4 is 21.6 Å². The summed E-state index contributed by atoms with van der Waals surface area (Å²) in [4.78, 5) is 11.5. The van der Waals surface area contributed by atoms with Gasteiger partial charge in [0.1, 0.15) is 0 Å². The molecule has 0 unspecified atom stereocenters. The van der Waals surface area contributed by atoms with Crippen LogP contribution in [0.25, 0.3) is 0 Å². The first-order chi connectivity index (χ1) is 10.3. The molecule has 0 fully saturated rings. The summed E-state index contributed by atoms with van der Waals surface area (Å²) in [6.45, 7) is 1.76. The second-order valence-electron chi connectivity index (χ2n) is 4.56. The van der Waals surface area contributed by atoms with Crippen molar-refractivity contribution < 1.29 is 22.0 Å². The van der Waals surface area contributed by atoms with E-state index in [0.29, 0.717) is 0 Å². The molecule has 1 amide bonds. The van der Waals surface area contributed by atoms with Gasteiger partial charge >= 0.3 is 12.3 Å². The van der Waals surface area contributed by atoms with Gasteiger partial charge in [-0.05, 0) is 31.2 Å². The van der Waals surface area contributed by atoms with Crippen LogP contribution in [0.15, 0.2) is 59.5 Å². The number of hydrogen-bond donors (Lipinski definition) is 0. The van der Waals surface area contributed by atoms with Gasteiger partial charge in [0, 0.05) is 0 Å². The molecule has 0 spiro atoms. The molecule has 116 valence electrons. The average Bonchev–Trinajstić information content (AvgIpc) is 2.48. The van der Waals surface area contributed by atoms with Crippen molar-refractivity contribution in [1.82, 2.24) is 0 Å². The molecule has 0 aliphatic heterocycles. The normalized spacial score (nSPS) is 11.5. The molecule has 0 saturated heterocycles. The number of carbonyl (C=O) groups excluding carboxylic acids is 1. The quantitative estimate of drug-likeness (QED) is 0.868. The third-order valence-electron chi connectivity index (χ3n) is 2.94. The predicted octanol–water partition coefficient (Wildman–Crippen LogP) is 2.98. The van der Waals surface area contributed by atoms with Gasteiger partial charge in [0.05, 0.1) is 10.6 Å². The Balaban J connectivity index is 2.58. The van der Waals surface area contributed by atoms with Crippen molar-refractivity contribution in [3.63, 3.8) is 0 Å². The number of amides is 1. The van der Waals surface area contributed by atoms with E-state index in [1.807, 2.05) is 0 Å². The first-order valence-electron chi connectivity index (χ1n) is 6.33. The number of benzene rings is 2. The fourth-order valence-corrected chi connectivity index (χ4v) is 3.26. The fourth-order valence-electron chi connectivity index (χ4n) is 1.85. The summed E-state index contributed by atoms with van der Waals surface area (Å²) < 4.78 is 50.9. The molecule has 7 heteroatoms. The minimum atomic E-state index is -4.41. The molecule has 0 bridgehead atoms. The van der Waals surface area contributed by atoms with E-state index in [1.54, 1.807) is 13.0 Å². The smallest absolute Gasteiger partial charge is 0.267 e. The minimum absolute atomic E-state index is 0.131. The van der Waals surface area contributed by atoms with E-state index in [9.17, 15) is 22.0 Å². The van der Waals surface area contributed by atoms with Crippen molar-refractivity contribution in [1.29, 1.82) is 0 Å². The Bertz CT molecular complexity index is 759. The molecule has 0 radical (unpaired) electrons. The summed E-state index contributed by atoms with van der Waals surface area (Å²) >= 11 is 0. The lowest BCUT2D eigenvalue weighted by Gasteiger charge is -2.22. The largest absolute Gasteiger partial charge is 0.317 e. The van der Waals surface area contributed by atoms with Crippen molar-refractivity contribution in [2.75, 3.05) is 4.31 Å². The van der Waals surface area contributed by atoms with Crippen LogP contribution in [-0.2, 0) is 14.8 Å². The second kappa shape index (κ2) is 6.23. The Hall–Kier alpha value is -2.28. The van der Waals surface area contributed by atoms with Crippen LogP contribution < -0.4 is 4.31 Å². The molecule has 4 nitrogen and oxygen atoms in total. The Morgan fingerprint density at radius 3 is 2.05 bits per heavy atom. The van der Waals surface area contributed by atoms with Gasteiger partial charge in [-0.2, -0.15) is 13.1 Å². The summed E-state index contributed by atoms with van der Waals surface area (Å²) in [7, 11) is -4.41. The first-order valence-corrected chi connectivity index (χ1v) is 7.77. The number of para-hydroxylation sites is 1. The summed E-state index contributed by atoms with van der Waals surface area (Å²) in [6, 6.07) is 12.7. The van der Waals surface area contributed by atoms with Crippen LogP contribution in [0.2, 0.25) is 0 Å². The van der Waals surface area contributed by atoms with Gasteiger partial charge in [0.15, 0.2) is 0 Å². The summed E-state index contributed by atoms with van der Waals surface area (Å²) in [6.07, 6.45) is -3.43. The highest BCUT2D eigenvalue weighted by molar-refractivity contribution is 7.93. The molecule has 0 aliphatic rings. The molecule has 0 N–H and O–H groups in total. The zero-order valence-corrected chi connectivity index (χ0v) is 12.4. The minimum Gasteiger partial charge on any atom is -0.267 e. The number of sulfonamides is 1. The topological polar surface area (TPSA) is 54.5 Å². The predicted molar refractivity (Wildman–Crippen MR) is 78.3 cm³/mol. The lowest BCUT2D eigenvalue weighted by Crippen LogP contribution is -2.40. The van der Waals surface area contributed by atoms with Gasteiger partial charge in [-0.1, -0.05) is 35.9 Å². The first kappa shape index (κ1) is 16.1. The molecule has 2 aromatic carbocycles. The molecular formula is C15H13F2NO3S. The van der Waals surface area contributed by atoms with Gasteiger partial charge in [-0.25, -0.2) is 8.42 Å². The number of anilines is 1. The maximum atomic E-state index is 12.8. The van der Waals surface area contributed by atoms with Crippen molar-refractivity contribution in [2.24, 2.45) is 0 Å². The number of rotatable bonds is 4. The van der Waals surface area contributed by atoms with Crippen molar-refractivity contribution in [2.45, 2.75) is 18.2 Å². The van der Waals surface area contributed by atoms with E-state index in [1.165, 1.54) is 48.5 Å². The number of aryl methyl sites for hydroxylation is 1. The number of hydrogen-bond acceptors (Lipinski definition) is 3. The zero-order valence-electron chi connectivity index (χ0n) is 11.6. The van der Waals surface area contributed by atoms with Crippen LogP contribution in [0.1, 0.15) is 5.56 Å². The molecule has 2 aromatic rings. The second-order valence-corrected chi connectivity index (χ2v) is 6.34. The number of nitrogens with zero attached hydrogens (tertiary/aromatic N) is 1. The fraction of sp³-hybridized carbons (Fsp3) is 0.133. The Morgan fingerprint density at radius 1 is 1.00 bits per heavy atom. The maximum Gasteiger partial charge on any atom is 0.317 e. The Kier molecular flexibility index (Phi) is 4.56. The van der Waals surface area contributed by atoms with Crippen molar-refractivity contribution in [3.05, 3.63) is 60.2 Å². The lowest BCUT2D eigenvalue weighted by molar-refractivity contribution is -0.127. The maximum absolute atomic E-state index is 12.8. The van der Waals surface area contributed by atoms with Crippen molar-refractivity contribution in [3.8, 4) is 0 Å². The van der Waals surface area contributed by atoms with Crippen LogP contribution in [0.4, 0.5) is 14.5 Å². The van der Waals surface area contributed by atoms with E-state index in [-0.39, 0.29) is 14.9 Å². The van der Waals surface area contributed by atoms with E-state index in [2.05, 4.69) is 0 Å². The molecule has 0 saturated carbocycles. The molecule has 0 aliphatic carbocycles. The summed E-state index contributed by atoms with van der Waals surface area (Å²) in [5.41, 5.74) is 0.679. The highest BCUT2D eigenvalue weighted by Gasteiger charge is 2.35. The molecule has 0 aromatic heterocycles. The molecular weight excluding hydrogens is 312 g/mol. The highest BCUT2D eigenvalue weighted by Crippen LogP contribution is 2.25. The highest BCUT2D eigenvalue weighted by atomic mass is 32.2. The SMILES string of the molecule is Cc1ccc(S(=O)(=O)N(C(=O)C(F)F)c2ccccc2)cc1. The average molecular weight is 325 g/mol.